The molecule has 1 atom stereocenters. The number of nitrogens with one attached hydrogen (secondary N) is 2. The number of carbonyl (C=O) groups excluding carboxylic acids is 2. The summed E-state index contributed by atoms with van der Waals surface area (Å²) in [7, 11) is 0. The Bertz CT molecular complexity index is 1340. The summed E-state index contributed by atoms with van der Waals surface area (Å²) in [6, 6.07) is 14.7. The first kappa shape index (κ1) is 32.2. The van der Waals surface area contributed by atoms with Gasteiger partial charge >= 0.3 is 23.7 Å². The van der Waals surface area contributed by atoms with Crippen molar-refractivity contribution in [1.29, 1.82) is 0 Å². The summed E-state index contributed by atoms with van der Waals surface area (Å²) in [6.45, 7) is -0.707. The van der Waals surface area contributed by atoms with Gasteiger partial charge in [-0.25, -0.2) is 14.4 Å². The minimum Gasteiger partial charge on any atom is -0.480 e. The Balaban J connectivity index is 1.01. The van der Waals surface area contributed by atoms with Crippen LogP contribution < -0.4 is 10.6 Å². The van der Waals surface area contributed by atoms with Crippen molar-refractivity contribution < 1.29 is 43.4 Å². The number of unbranched alkanes of at least 4 members (excludes halogenated alkanes) is 1. The molecule has 1 saturated heterocycles. The van der Waals surface area contributed by atoms with E-state index in [0.717, 1.165) is 41.5 Å². The number of rotatable bonds is 12. The van der Waals surface area contributed by atoms with Crippen molar-refractivity contribution in [2.75, 3.05) is 33.0 Å². The quantitative estimate of drug-likeness (QED) is 0.172. The zero-order valence-corrected chi connectivity index (χ0v) is 25.0. The predicted octanol–water partition coefficient (Wildman–Crippen LogP) is 4.60. The highest BCUT2D eigenvalue weighted by atomic mass is 16.7. The zero-order chi connectivity index (χ0) is 31.9. The van der Waals surface area contributed by atoms with Crippen LogP contribution in [0.4, 0.5) is 9.59 Å². The van der Waals surface area contributed by atoms with E-state index in [4.69, 9.17) is 18.9 Å². The third kappa shape index (κ3) is 7.54. The van der Waals surface area contributed by atoms with Crippen molar-refractivity contribution in [3.05, 3.63) is 69.8 Å². The molecule has 2 aromatic carbocycles. The minimum absolute atomic E-state index is 0.0646. The second-order valence-electron chi connectivity index (χ2n) is 11.9. The minimum atomic E-state index is -1.68. The molecule has 2 aromatic rings. The average Bonchev–Trinajstić information content (AvgIpc) is 3.36. The van der Waals surface area contributed by atoms with E-state index >= 15 is 0 Å². The number of hydrogen-bond donors (Lipinski definition) is 3. The highest BCUT2D eigenvalue weighted by molar-refractivity contribution is 5.81. The van der Waals surface area contributed by atoms with Crippen LogP contribution in [0.25, 0.3) is 11.1 Å². The normalized spacial score (nSPS) is 18.7. The van der Waals surface area contributed by atoms with Gasteiger partial charge in [-0.2, -0.15) is 0 Å². The Labute approximate surface area is 260 Å². The van der Waals surface area contributed by atoms with Crippen LogP contribution in [0.3, 0.4) is 0 Å². The fraction of sp³-hybridized carbons (Fsp3) is 0.531. The molecule has 0 aromatic heterocycles. The lowest BCUT2D eigenvalue weighted by Gasteiger charge is -2.43. The Hall–Kier alpha value is -4.23. The second kappa shape index (κ2) is 14.2. The maximum Gasteiger partial charge on any atom is 0.407 e. The van der Waals surface area contributed by atoms with Crippen LogP contribution in [0.5, 0.6) is 0 Å². The Morgan fingerprint density at radius 1 is 0.933 bits per heavy atom. The number of nitro groups is 1. The fourth-order valence-electron chi connectivity index (χ4n) is 6.19. The molecule has 2 fully saturated rings. The van der Waals surface area contributed by atoms with Crippen LogP contribution in [-0.4, -0.2) is 78.5 Å². The van der Waals surface area contributed by atoms with Crippen molar-refractivity contribution in [2.45, 2.75) is 74.7 Å². The monoisotopic (exact) mass is 625 g/mol. The van der Waals surface area contributed by atoms with Gasteiger partial charge in [-0.15, -0.1) is 0 Å². The number of hydrogen-bond acceptors (Lipinski definition) is 9. The molecule has 1 saturated carbocycles. The lowest BCUT2D eigenvalue weighted by molar-refractivity contribution is -0.600. The van der Waals surface area contributed by atoms with Crippen LogP contribution in [-0.2, 0) is 23.7 Å². The first-order valence-electron chi connectivity index (χ1n) is 15.4. The van der Waals surface area contributed by atoms with Crippen molar-refractivity contribution in [3.63, 3.8) is 0 Å². The molecule has 3 aliphatic rings. The predicted molar refractivity (Wildman–Crippen MR) is 160 cm³/mol. The number of benzene rings is 2. The molecule has 3 N–H and O–H groups in total. The molecule has 0 bridgehead atoms. The average molecular weight is 626 g/mol. The maximum absolute atomic E-state index is 12.5. The van der Waals surface area contributed by atoms with Crippen LogP contribution >= 0.6 is 0 Å². The fourth-order valence-corrected chi connectivity index (χ4v) is 6.19. The first-order valence-corrected chi connectivity index (χ1v) is 15.4. The summed E-state index contributed by atoms with van der Waals surface area (Å²) < 4.78 is 22.2. The molecule has 5 rings (SSSR count). The van der Waals surface area contributed by atoms with E-state index in [9.17, 15) is 29.6 Å². The molecule has 0 radical (unpaired) electrons. The van der Waals surface area contributed by atoms with Crippen molar-refractivity contribution in [1.82, 2.24) is 10.6 Å². The summed E-state index contributed by atoms with van der Waals surface area (Å²) in [4.78, 5) is 47.8. The van der Waals surface area contributed by atoms with Crippen molar-refractivity contribution in [2.24, 2.45) is 0 Å². The zero-order valence-electron chi connectivity index (χ0n) is 25.0. The van der Waals surface area contributed by atoms with E-state index in [1.54, 1.807) is 0 Å². The van der Waals surface area contributed by atoms with Crippen LogP contribution in [0, 0.1) is 10.1 Å². The van der Waals surface area contributed by atoms with Crippen molar-refractivity contribution in [3.8, 4) is 11.1 Å². The van der Waals surface area contributed by atoms with E-state index in [1.807, 2.05) is 48.5 Å². The van der Waals surface area contributed by atoms with Gasteiger partial charge in [-0.05, 0) is 54.4 Å². The summed E-state index contributed by atoms with van der Waals surface area (Å²) in [5.41, 5.74) is 2.59. The first-order chi connectivity index (χ1) is 21.7. The molecule has 1 unspecified atom stereocenters. The number of alkyl carbamates (subject to hydrolysis) is 2. The number of aliphatic carboxylic acids is 1. The second-order valence-corrected chi connectivity index (χ2v) is 11.9. The van der Waals surface area contributed by atoms with Gasteiger partial charge in [0, 0.05) is 30.2 Å². The summed E-state index contributed by atoms with van der Waals surface area (Å²) in [5, 5.41) is 26.4. The number of carboxylic acids is 1. The lowest BCUT2D eigenvalue weighted by atomic mass is 9.92. The molecule has 13 nitrogen and oxygen atoms in total. The van der Waals surface area contributed by atoms with E-state index in [1.165, 1.54) is 0 Å². The largest absolute Gasteiger partial charge is 0.480 e. The highest BCUT2D eigenvalue weighted by Gasteiger charge is 2.54. The molecular formula is C32H39N3O10. The number of carboxylic acid groups (broad SMARTS) is 1. The van der Waals surface area contributed by atoms with E-state index in [0.29, 0.717) is 25.7 Å². The molecular weight excluding hydrogens is 586 g/mol. The van der Waals surface area contributed by atoms with Gasteiger partial charge in [-0.1, -0.05) is 55.0 Å². The van der Waals surface area contributed by atoms with Gasteiger partial charge in [0.2, 0.25) is 0 Å². The number of ether oxygens (including phenoxy) is 4. The molecule has 242 valence electrons. The SMILES string of the molecule is O=C(NCCCCC(NC(=O)OCC1c2ccccc2-c2ccccc21)C(=O)O)OCC1([N+](=O)[O-])COC2(CCCCC2)OC1. The highest BCUT2D eigenvalue weighted by Crippen LogP contribution is 2.44. The van der Waals surface area contributed by atoms with Crippen molar-refractivity contribution >= 4 is 18.2 Å². The smallest absolute Gasteiger partial charge is 0.407 e. The third-order valence-corrected chi connectivity index (χ3v) is 8.81. The molecule has 2 aliphatic carbocycles. The van der Waals surface area contributed by atoms with Gasteiger partial charge in [0.1, 0.15) is 25.9 Å². The molecule has 2 amide bonds. The Morgan fingerprint density at radius 2 is 1.56 bits per heavy atom. The standard InChI is InChI=1S/C32H39N3O10/c36-28(37)27(34-30(39)42-18-26-24-12-4-2-10-22(24)23-11-3-5-13-25(23)26)14-6-9-17-33-29(38)43-19-31(35(40)41)20-44-32(45-21-31)15-7-1-8-16-32/h2-5,10-13,26-27H,1,6-9,14-21H2,(H,33,38)(H,34,39)(H,36,37). The van der Waals surface area contributed by atoms with Crippen LogP contribution in [0.1, 0.15) is 68.4 Å². The molecule has 1 spiro atoms. The van der Waals surface area contributed by atoms with Gasteiger partial charge in [0.15, 0.2) is 12.4 Å². The van der Waals surface area contributed by atoms with Crippen LogP contribution in [0.15, 0.2) is 48.5 Å². The summed E-state index contributed by atoms with van der Waals surface area (Å²) in [6.07, 6.45) is 3.52. The summed E-state index contributed by atoms with van der Waals surface area (Å²) >= 11 is 0. The Morgan fingerprint density at radius 3 is 2.16 bits per heavy atom. The topological polar surface area (TPSA) is 176 Å². The van der Waals surface area contributed by atoms with E-state index in [-0.39, 0.29) is 38.7 Å². The van der Waals surface area contributed by atoms with Gasteiger partial charge in [0.25, 0.3) is 0 Å². The van der Waals surface area contributed by atoms with Crippen LogP contribution in [0.2, 0.25) is 0 Å². The van der Waals surface area contributed by atoms with E-state index < -0.39 is 47.1 Å². The Kier molecular flexibility index (Phi) is 10.2. The number of carbonyl (C=O) groups is 3. The van der Waals surface area contributed by atoms with Gasteiger partial charge in [0.05, 0.1) is 0 Å². The number of nitrogens with zero attached hydrogens (tertiary/aromatic N) is 1. The van der Waals surface area contributed by atoms with Gasteiger partial charge in [-0.3, -0.25) is 10.1 Å². The maximum atomic E-state index is 12.5. The molecule has 1 heterocycles. The lowest BCUT2D eigenvalue weighted by Crippen LogP contribution is -2.60. The summed E-state index contributed by atoms with van der Waals surface area (Å²) in [5.74, 6) is -2.13. The number of fused-ring (bicyclic) bond motifs is 3. The molecule has 13 heteroatoms. The van der Waals surface area contributed by atoms with E-state index in [2.05, 4.69) is 10.6 Å². The number of amides is 2. The van der Waals surface area contributed by atoms with Gasteiger partial charge < -0.3 is 34.7 Å². The molecule has 45 heavy (non-hydrogen) atoms. The third-order valence-electron chi connectivity index (χ3n) is 8.81. The molecule has 1 aliphatic heterocycles.